The average Bonchev–Trinajstić information content (AvgIpc) is 3.38. The summed E-state index contributed by atoms with van der Waals surface area (Å²) in [4.78, 5) is 24.7. The van der Waals surface area contributed by atoms with Gasteiger partial charge in [-0.1, -0.05) is 0 Å². The minimum Gasteiger partial charge on any atom is -0.371 e. The van der Waals surface area contributed by atoms with Crippen molar-refractivity contribution < 1.29 is 0 Å². The van der Waals surface area contributed by atoms with Crippen LogP contribution < -0.4 is 20.3 Å². The van der Waals surface area contributed by atoms with Crippen LogP contribution in [0.25, 0.3) is 22.2 Å². The summed E-state index contributed by atoms with van der Waals surface area (Å²) in [6, 6.07) is 10.9. The molecule has 0 radical (unpaired) electrons. The van der Waals surface area contributed by atoms with Crippen molar-refractivity contribution in [1.82, 2.24) is 19.3 Å². The lowest BCUT2D eigenvalue weighted by atomic mass is 9.98. The Bertz CT molecular complexity index is 1650. The van der Waals surface area contributed by atoms with Gasteiger partial charge < -0.3 is 19.3 Å². The quantitative estimate of drug-likeness (QED) is 0.414. The summed E-state index contributed by atoms with van der Waals surface area (Å²) in [6.07, 6.45) is 7.68. The molecule has 0 spiro atoms. The number of benzene rings is 1. The van der Waals surface area contributed by atoms with Gasteiger partial charge in [0, 0.05) is 75.7 Å². The van der Waals surface area contributed by atoms with E-state index < -0.39 is 0 Å². The Morgan fingerprint density at radius 1 is 1.00 bits per heavy atom. The molecule has 4 aromatic rings. The number of aryl methyl sites for hydroxylation is 3. The Morgan fingerprint density at radius 3 is 2.61 bits per heavy atom. The van der Waals surface area contributed by atoms with Crippen LogP contribution in [0, 0.1) is 24.2 Å². The molecule has 6 rings (SSSR count). The predicted molar refractivity (Wildman–Crippen MR) is 151 cm³/mol. The molecule has 38 heavy (non-hydrogen) atoms. The molecule has 0 aliphatic carbocycles. The van der Waals surface area contributed by atoms with Crippen LogP contribution in [-0.2, 0) is 14.1 Å². The third kappa shape index (κ3) is 3.97. The van der Waals surface area contributed by atoms with E-state index in [1.807, 2.05) is 45.7 Å². The number of hydrogen-bond donors (Lipinski definition) is 0. The molecule has 1 saturated heterocycles. The van der Waals surface area contributed by atoms with E-state index in [1.54, 1.807) is 9.25 Å². The van der Waals surface area contributed by atoms with Crippen molar-refractivity contribution in [1.29, 1.82) is 5.26 Å². The largest absolute Gasteiger partial charge is 0.371 e. The van der Waals surface area contributed by atoms with Crippen molar-refractivity contribution >= 4 is 33.7 Å². The van der Waals surface area contributed by atoms with Crippen LogP contribution >= 0.6 is 0 Å². The van der Waals surface area contributed by atoms with Gasteiger partial charge in [-0.15, -0.1) is 0 Å². The number of aromatic nitrogens is 4. The van der Waals surface area contributed by atoms with Crippen LogP contribution in [0.2, 0.25) is 0 Å². The van der Waals surface area contributed by atoms with E-state index in [0.29, 0.717) is 6.54 Å². The van der Waals surface area contributed by atoms with Crippen molar-refractivity contribution in [3.63, 3.8) is 0 Å². The summed E-state index contributed by atoms with van der Waals surface area (Å²) >= 11 is 0. The van der Waals surface area contributed by atoms with Crippen LogP contribution in [0.4, 0.5) is 22.7 Å². The molecule has 2 aliphatic heterocycles. The fourth-order valence-corrected chi connectivity index (χ4v) is 5.81. The smallest absolute Gasteiger partial charge is 0.253 e. The molecule has 1 atom stereocenters. The second-order valence-electron chi connectivity index (χ2n) is 10.5. The van der Waals surface area contributed by atoms with Gasteiger partial charge in [0.1, 0.15) is 0 Å². The number of rotatable bonds is 3. The molecule has 0 saturated carbocycles. The van der Waals surface area contributed by atoms with Gasteiger partial charge in [-0.2, -0.15) is 10.4 Å². The second kappa shape index (κ2) is 9.21. The molecule has 0 bridgehead atoms. The van der Waals surface area contributed by atoms with Crippen molar-refractivity contribution in [2.24, 2.45) is 20.0 Å². The van der Waals surface area contributed by atoms with Crippen LogP contribution in [0.15, 0.2) is 47.7 Å². The minimum absolute atomic E-state index is 0.00991. The van der Waals surface area contributed by atoms with Crippen molar-refractivity contribution in [2.75, 3.05) is 47.9 Å². The van der Waals surface area contributed by atoms with Gasteiger partial charge in [-0.05, 0) is 44.0 Å². The third-order valence-corrected chi connectivity index (χ3v) is 7.97. The Morgan fingerprint density at radius 2 is 1.84 bits per heavy atom. The molecule has 5 heterocycles. The monoisotopic (exact) mass is 508 g/mol. The van der Waals surface area contributed by atoms with Gasteiger partial charge in [-0.25, -0.2) is 0 Å². The molecule has 1 aromatic carbocycles. The zero-order chi connectivity index (χ0) is 26.6. The van der Waals surface area contributed by atoms with E-state index in [9.17, 15) is 10.1 Å². The number of pyridine rings is 2. The van der Waals surface area contributed by atoms with Crippen LogP contribution in [0.1, 0.15) is 18.4 Å². The molecular formula is C29H32N8O. The fourth-order valence-electron chi connectivity index (χ4n) is 5.81. The number of nitriles is 1. The highest BCUT2D eigenvalue weighted by atomic mass is 16.1. The van der Waals surface area contributed by atoms with Gasteiger partial charge in [0.2, 0.25) is 0 Å². The lowest BCUT2D eigenvalue weighted by molar-refractivity contribution is 0.494. The number of anilines is 4. The summed E-state index contributed by atoms with van der Waals surface area (Å²) in [6.45, 7) is 5.12. The first-order valence-corrected chi connectivity index (χ1v) is 13.1. The second-order valence-corrected chi connectivity index (χ2v) is 10.5. The lowest BCUT2D eigenvalue weighted by Gasteiger charge is -2.38. The van der Waals surface area contributed by atoms with E-state index in [4.69, 9.17) is 4.98 Å². The van der Waals surface area contributed by atoms with E-state index in [0.717, 1.165) is 82.9 Å². The SMILES string of the molecule is Cc1cc2c(N3CCN(C)c4cc(-c5cnn(C)c5)ncc43)cc(N3CCCC(C#N)C3)cc2n(C)c1=O. The topological polar surface area (TPSA) is 86.2 Å². The Labute approximate surface area is 222 Å². The van der Waals surface area contributed by atoms with Crippen LogP contribution in [0.5, 0.6) is 0 Å². The molecule has 9 heteroatoms. The first-order chi connectivity index (χ1) is 18.3. The van der Waals surface area contributed by atoms with E-state index >= 15 is 0 Å². The van der Waals surface area contributed by atoms with Gasteiger partial charge >= 0.3 is 0 Å². The Kier molecular flexibility index (Phi) is 5.83. The maximum atomic E-state index is 12.9. The number of likely N-dealkylation sites (N-methyl/N-ethyl adjacent to an activating group) is 1. The summed E-state index contributed by atoms with van der Waals surface area (Å²) in [7, 11) is 5.87. The normalized spacial score (nSPS) is 17.6. The van der Waals surface area contributed by atoms with Gasteiger partial charge in [0.25, 0.3) is 5.56 Å². The highest BCUT2D eigenvalue weighted by Crippen LogP contribution is 2.43. The molecular weight excluding hydrogens is 476 g/mol. The van der Waals surface area contributed by atoms with Crippen molar-refractivity contribution in [3.05, 3.63) is 58.8 Å². The maximum absolute atomic E-state index is 12.9. The van der Waals surface area contributed by atoms with Crippen LogP contribution in [-0.4, -0.2) is 52.6 Å². The molecule has 0 N–H and O–H groups in total. The molecule has 2 aliphatic rings. The molecule has 1 unspecified atom stereocenters. The number of hydrogen-bond acceptors (Lipinski definition) is 7. The van der Waals surface area contributed by atoms with Crippen LogP contribution in [0.3, 0.4) is 0 Å². The van der Waals surface area contributed by atoms with Crippen molar-refractivity contribution in [2.45, 2.75) is 19.8 Å². The molecule has 194 valence electrons. The first-order valence-electron chi connectivity index (χ1n) is 13.1. The fraction of sp³-hybridized carbons (Fsp3) is 0.379. The van der Waals surface area contributed by atoms with E-state index in [-0.39, 0.29) is 11.5 Å². The maximum Gasteiger partial charge on any atom is 0.253 e. The van der Waals surface area contributed by atoms with E-state index in [1.165, 1.54) is 0 Å². The summed E-state index contributed by atoms with van der Waals surface area (Å²) in [5.41, 5.74) is 7.73. The summed E-state index contributed by atoms with van der Waals surface area (Å²) < 4.78 is 3.54. The number of piperidine rings is 1. The summed E-state index contributed by atoms with van der Waals surface area (Å²) in [5.74, 6) is 0.0178. The number of nitrogens with zero attached hydrogens (tertiary/aromatic N) is 8. The number of fused-ring (bicyclic) bond motifs is 2. The van der Waals surface area contributed by atoms with Gasteiger partial charge in [0.15, 0.2) is 0 Å². The zero-order valence-electron chi connectivity index (χ0n) is 22.3. The average molecular weight is 509 g/mol. The lowest BCUT2D eigenvalue weighted by Crippen LogP contribution is -2.37. The minimum atomic E-state index is 0.00991. The highest BCUT2D eigenvalue weighted by Gasteiger charge is 2.27. The Hall–Kier alpha value is -4.32. The van der Waals surface area contributed by atoms with E-state index in [2.05, 4.69) is 51.1 Å². The molecule has 3 aromatic heterocycles. The van der Waals surface area contributed by atoms with Gasteiger partial charge in [0.05, 0.1) is 52.7 Å². The first kappa shape index (κ1) is 24.0. The highest BCUT2D eigenvalue weighted by molar-refractivity contribution is 5.99. The Balaban J connectivity index is 1.53. The predicted octanol–water partition coefficient (Wildman–Crippen LogP) is 3.97. The zero-order valence-corrected chi connectivity index (χ0v) is 22.3. The van der Waals surface area contributed by atoms with Crippen molar-refractivity contribution in [3.8, 4) is 17.3 Å². The standard InChI is InChI=1S/C29H32N8O/c1-19-10-23-25(35(4)29(19)38)11-22(36-7-5-6-20(14-30)17-36)12-26(23)37-9-8-33(2)27-13-24(31-16-28(27)37)21-15-32-34(3)18-21/h10-13,15-16,18,20H,5-9,17H2,1-4H3. The van der Waals surface area contributed by atoms with Gasteiger partial charge in [-0.3, -0.25) is 14.5 Å². The molecule has 0 amide bonds. The summed E-state index contributed by atoms with van der Waals surface area (Å²) in [5, 5.41) is 14.9. The molecule has 9 nitrogen and oxygen atoms in total. The third-order valence-electron chi connectivity index (χ3n) is 7.97. The molecule has 1 fully saturated rings.